The number of fused-ring (bicyclic) bond motifs is 2. The van der Waals surface area contributed by atoms with E-state index in [4.69, 9.17) is 4.74 Å². The number of amides is 1. The van der Waals surface area contributed by atoms with Gasteiger partial charge in [0.25, 0.3) is 0 Å². The van der Waals surface area contributed by atoms with Crippen molar-refractivity contribution in [2.75, 3.05) is 13.7 Å². The van der Waals surface area contributed by atoms with Crippen LogP contribution in [0.25, 0.3) is 0 Å². The Labute approximate surface area is 197 Å². The molecule has 2 fully saturated rings. The highest BCUT2D eigenvalue weighted by Gasteiger charge is 2.60. The van der Waals surface area contributed by atoms with Crippen LogP contribution >= 0.6 is 0 Å². The number of nitrogens with one attached hydrogen (secondary N) is 1. The summed E-state index contributed by atoms with van der Waals surface area (Å²) in [6.45, 7) is 3.19. The number of benzene rings is 1. The Morgan fingerprint density at radius 3 is 2.74 bits per heavy atom. The van der Waals surface area contributed by atoms with E-state index in [0.717, 1.165) is 44.2 Å². The number of hydrogen-bond donors (Lipinski definition) is 1. The molecule has 5 nitrogen and oxygen atoms in total. The van der Waals surface area contributed by atoms with Crippen molar-refractivity contribution in [2.24, 2.45) is 11.3 Å². The number of nitrogens with zero attached hydrogens (tertiary/aromatic N) is 2. The summed E-state index contributed by atoms with van der Waals surface area (Å²) in [5.41, 5.74) is 1.26. The number of pyridine rings is 1. The Balaban J connectivity index is 1.24. The molecule has 1 saturated carbocycles. The molecule has 1 aromatic carbocycles. The summed E-state index contributed by atoms with van der Waals surface area (Å²) in [7, 11) is 1.65. The SMILES string of the molecule is COc1ccc(CCN[C@@H]2CC[C@@]3(C2)C(=O)N2Cc4cc(C(F)(F)F)cnc4CC2C3C)cc1. The van der Waals surface area contributed by atoms with Crippen LogP contribution in [0.5, 0.6) is 5.75 Å². The molecule has 2 unspecified atom stereocenters. The van der Waals surface area contributed by atoms with Crippen molar-refractivity contribution in [3.8, 4) is 5.75 Å². The van der Waals surface area contributed by atoms with Gasteiger partial charge in [-0.2, -0.15) is 13.2 Å². The molecule has 2 aliphatic heterocycles. The van der Waals surface area contributed by atoms with Gasteiger partial charge >= 0.3 is 6.18 Å². The van der Waals surface area contributed by atoms with Gasteiger partial charge in [-0.15, -0.1) is 0 Å². The van der Waals surface area contributed by atoms with E-state index >= 15 is 0 Å². The summed E-state index contributed by atoms with van der Waals surface area (Å²) in [6.07, 6.45) is 0.440. The molecular formula is C26H30F3N3O2. The largest absolute Gasteiger partial charge is 0.497 e. The van der Waals surface area contributed by atoms with E-state index in [1.54, 1.807) is 7.11 Å². The van der Waals surface area contributed by atoms with Crippen LogP contribution in [0.2, 0.25) is 0 Å². The molecule has 8 heteroatoms. The lowest BCUT2D eigenvalue weighted by molar-refractivity contribution is -0.138. The minimum Gasteiger partial charge on any atom is -0.497 e. The lowest BCUT2D eigenvalue weighted by Crippen LogP contribution is -2.40. The second-order valence-corrected chi connectivity index (χ2v) is 9.97. The molecule has 0 radical (unpaired) electrons. The van der Waals surface area contributed by atoms with Crippen molar-refractivity contribution in [1.82, 2.24) is 15.2 Å². The lowest BCUT2D eigenvalue weighted by Gasteiger charge is -2.33. The van der Waals surface area contributed by atoms with Gasteiger partial charge in [-0.25, -0.2) is 0 Å². The number of aromatic nitrogens is 1. The fourth-order valence-electron chi connectivity index (χ4n) is 6.21. The van der Waals surface area contributed by atoms with Gasteiger partial charge in [0, 0.05) is 36.9 Å². The summed E-state index contributed by atoms with van der Waals surface area (Å²) in [6, 6.07) is 9.48. The molecule has 182 valence electrons. The molecule has 34 heavy (non-hydrogen) atoms. The molecule has 1 aliphatic carbocycles. The number of ether oxygens (including phenoxy) is 1. The molecule has 1 saturated heterocycles. The second-order valence-electron chi connectivity index (χ2n) is 9.97. The lowest BCUT2D eigenvalue weighted by atomic mass is 9.73. The molecular weight excluding hydrogens is 443 g/mol. The second kappa shape index (κ2) is 8.56. The monoisotopic (exact) mass is 473 g/mol. The van der Waals surface area contributed by atoms with E-state index in [0.29, 0.717) is 17.7 Å². The predicted molar refractivity (Wildman–Crippen MR) is 121 cm³/mol. The van der Waals surface area contributed by atoms with Crippen LogP contribution in [-0.4, -0.2) is 41.5 Å². The topological polar surface area (TPSA) is 54.5 Å². The third kappa shape index (κ3) is 3.96. The van der Waals surface area contributed by atoms with Crippen LogP contribution in [0.4, 0.5) is 13.2 Å². The van der Waals surface area contributed by atoms with Crippen LogP contribution in [-0.2, 0) is 30.4 Å². The average Bonchev–Trinajstić information content (AvgIpc) is 3.34. The Bertz CT molecular complexity index is 1070. The van der Waals surface area contributed by atoms with Gasteiger partial charge in [0.1, 0.15) is 5.75 Å². The summed E-state index contributed by atoms with van der Waals surface area (Å²) < 4.78 is 44.7. The van der Waals surface area contributed by atoms with Crippen molar-refractivity contribution in [3.05, 3.63) is 58.9 Å². The molecule has 4 atom stereocenters. The summed E-state index contributed by atoms with van der Waals surface area (Å²) in [5, 5.41) is 3.63. The minimum atomic E-state index is -4.43. The van der Waals surface area contributed by atoms with E-state index in [-0.39, 0.29) is 30.5 Å². The van der Waals surface area contributed by atoms with Crippen LogP contribution < -0.4 is 10.1 Å². The molecule has 1 amide bonds. The maximum absolute atomic E-state index is 13.6. The van der Waals surface area contributed by atoms with Gasteiger partial charge in [-0.05, 0) is 67.5 Å². The number of methoxy groups -OCH3 is 1. The van der Waals surface area contributed by atoms with Crippen LogP contribution in [0, 0.1) is 11.3 Å². The number of carbonyl (C=O) groups is 1. The Hall–Kier alpha value is -2.61. The number of hydrogen-bond acceptors (Lipinski definition) is 4. The fraction of sp³-hybridized carbons (Fsp3) is 0.538. The first-order valence-corrected chi connectivity index (χ1v) is 11.9. The first kappa shape index (κ1) is 23.1. The van der Waals surface area contributed by atoms with Gasteiger partial charge in [0.15, 0.2) is 0 Å². The summed E-state index contributed by atoms with van der Waals surface area (Å²) in [4.78, 5) is 19.6. The first-order chi connectivity index (χ1) is 16.2. The summed E-state index contributed by atoms with van der Waals surface area (Å²) >= 11 is 0. The van der Waals surface area contributed by atoms with E-state index < -0.39 is 17.2 Å². The molecule has 1 N–H and O–H groups in total. The van der Waals surface area contributed by atoms with Crippen molar-refractivity contribution < 1.29 is 22.7 Å². The Kier molecular flexibility index (Phi) is 5.82. The van der Waals surface area contributed by atoms with E-state index in [2.05, 4.69) is 29.4 Å². The van der Waals surface area contributed by atoms with Crippen molar-refractivity contribution in [1.29, 1.82) is 0 Å². The highest BCUT2D eigenvalue weighted by Crippen LogP contribution is 2.54. The molecule has 1 spiro atoms. The zero-order chi connectivity index (χ0) is 24.1. The maximum Gasteiger partial charge on any atom is 0.417 e. The van der Waals surface area contributed by atoms with E-state index in [1.165, 1.54) is 11.6 Å². The molecule has 3 aliphatic rings. The standard InChI is InChI=1S/C26H30F3N3O2/c1-16-23-12-22-18(11-19(14-31-22)26(27,28)29)15-32(23)24(33)25(16)9-7-20(13-25)30-10-8-17-3-5-21(34-2)6-4-17/h3-6,11,14,16,20,23,30H,7-10,12-13,15H2,1-2H3/t16?,20-,23?,25+/m1/s1. The Morgan fingerprint density at radius 2 is 2.03 bits per heavy atom. The van der Waals surface area contributed by atoms with Crippen molar-refractivity contribution >= 4 is 5.91 Å². The Morgan fingerprint density at radius 1 is 1.26 bits per heavy atom. The van der Waals surface area contributed by atoms with Crippen LogP contribution in [0.15, 0.2) is 36.5 Å². The highest BCUT2D eigenvalue weighted by atomic mass is 19.4. The van der Waals surface area contributed by atoms with Gasteiger partial charge in [0.2, 0.25) is 5.91 Å². The summed E-state index contributed by atoms with van der Waals surface area (Å²) in [5.74, 6) is 1.09. The van der Waals surface area contributed by atoms with E-state index in [9.17, 15) is 18.0 Å². The number of rotatable bonds is 5. The molecule has 2 aromatic rings. The van der Waals surface area contributed by atoms with Gasteiger partial charge in [0.05, 0.1) is 18.1 Å². The molecule has 3 heterocycles. The fourth-order valence-corrected chi connectivity index (χ4v) is 6.21. The van der Waals surface area contributed by atoms with Crippen LogP contribution in [0.1, 0.15) is 48.6 Å². The van der Waals surface area contributed by atoms with Crippen LogP contribution in [0.3, 0.4) is 0 Å². The van der Waals surface area contributed by atoms with Crippen molar-refractivity contribution in [2.45, 2.75) is 63.8 Å². The molecule has 0 bridgehead atoms. The first-order valence-electron chi connectivity index (χ1n) is 11.9. The molecule has 1 aromatic heterocycles. The smallest absolute Gasteiger partial charge is 0.417 e. The van der Waals surface area contributed by atoms with E-state index in [1.807, 2.05) is 17.0 Å². The van der Waals surface area contributed by atoms with Gasteiger partial charge < -0.3 is 15.0 Å². The zero-order valence-electron chi connectivity index (χ0n) is 19.5. The van der Waals surface area contributed by atoms with Crippen molar-refractivity contribution in [3.63, 3.8) is 0 Å². The number of halogens is 3. The third-order valence-electron chi connectivity index (χ3n) is 8.22. The maximum atomic E-state index is 13.6. The quantitative estimate of drug-likeness (QED) is 0.700. The number of carbonyl (C=O) groups excluding carboxylic acids is 1. The predicted octanol–water partition coefficient (Wildman–Crippen LogP) is 4.38. The van der Waals surface area contributed by atoms with Gasteiger partial charge in [-0.1, -0.05) is 19.1 Å². The van der Waals surface area contributed by atoms with Gasteiger partial charge in [-0.3, -0.25) is 9.78 Å². The molecule has 5 rings (SSSR count). The highest BCUT2D eigenvalue weighted by molar-refractivity contribution is 5.87. The minimum absolute atomic E-state index is 0.00212. The number of alkyl halides is 3. The normalized spacial score (nSPS) is 28.3. The average molecular weight is 474 g/mol. The third-order valence-corrected chi connectivity index (χ3v) is 8.22. The zero-order valence-corrected chi connectivity index (χ0v) is 19.5.